The van der Waals surface area contributed by atoms with E-state index in [0.717, 1.165) is 38.2 Å². The first-order valence-electron chi connectivity index (χ1n) is 10.1. The van der Waals surface area contributed by atoms with Gasteiger partial charge in [0.15, 0.2) is 0 Å². The molecule has 0 N–H and O–H groups in total. The number of piperidine rings is 1. The minimum Gasteiger partial charge on any atom is -0.494 e. The number of amides is 1. The molecule has 1 saturated heterocycles. The SMILES string of the molecule is CCCCCOc1ccc(C(=O)N2CCCC(Oc3ccnc(C)n3)C2)cc1. The lowest BCUT2D eigenvalue weighted by atomic mass is 10.1. The zero-order chi connectivity index (χ0) is 19.8. The van der Waals surface area contributed by atoms with Gasteiger partial charge in [-0.1, -0.05) is 19.8 Å². The van der Waals surface area contributed by atoms with Crippen molar-refractivity contribution in [3.63, 3.8) is 0 Å². The molecular weight excluding hydrogens is 354 g/mol. The van der Waals surface area contributed by atoms with Crippen molar-refractivity contribution in [2.24, 2.45) is 0 Å². The van der Waals surface area contributed by atoms with E-state index < -0.39 is 0 Å². The molecule has 1 fully saturated rings. The molecule has 1 amide bonds. The molecule has 1 aromatic heterocycles. The van der Waals surface area contributed by atoms with Gasteiger partial charge in [0, 0.05) is 24.4 Å². The highest BCUT2D eigenvalue weighted by molar-refractivity contribution is 5.94. The number of rotatable bonds is 8. The molecule has 1 aromatic carbocycles. The van der Waals surface area contributed by atoms with E-state index in [0.29, 0.717) is 23.8 Å². The molecule has 1 unspecified atom stereocenters. The first-order chi connectivity index (χ1) is 13.7. The Balaban J connectivity index is 1.54. The van der Waals surface area contributed by atoms with E-state index in [1.165, 1.54) is 12.8 Å². The van der Waals surface area contributed by atoms with Gasteiger partial charge in [-0.05, 0) is 50.5 Å². The van der Waals surface area contributed by atoms with Crippen LogP contribution in [0.5, 0.6) is 11.6 Å². The van der Waals surface area contributed by atoms with E-state index in [1.807, 2.05) is 36.1 Å². The molecule has 1 atom stereocenters. The summed E-state index contributed by atoms with van der Waals surface area (Å²) < 4.78 is 11.7. The predicted molar refractivity (Wildman–Crippen MR) is 108 cm³/mol. The molecule has 0 aliphatic carbocycles. The predicted octanol–water partition coefficient (Wildman–Crippen LogP) is 4.04. The summed E-state index contributed by atoms with van der Waals surface area (Å²) in [6.45, 7) is 6.04. The van der Waals surface area contributed by atoms with Gasteiger partial charge < -0.3 is 14.4 Å². The van der Waals surface area contributed by atoms with Gasteiger partial charge in [-0.2, -0.15) is 4.98 Å². The fourth-order valence-corrected chi connectivity index (χ4v) is 3.31. The third kappa shape index (κ3) is 5.68. The van der Waals surface area contributed by atoms with Gasteiger partial charge in [0.2, 0.25) is 5.88 Å². The Labute approximate surface area is 166 Å². The first-order valence-corrected chi connectivity index (χ1v) is 10.1. The van der Waals surface area contributed by atoms with Crippen LogP contribution in [0, 0.1) is 6.92 Å². The molecule has 0 spiro atoms. The zero-order valence-corrected chi connectivity index (χ0v) is 16.8. The fourth-order valence-electron chi connectivity index (χ4n) is 3.31. The Morgan fingerprint density at radius 3 is 2.79 bits per heavy atom. The van der Waals surface area contributed by atoms with Gasteiger partial charge in [0.1, 0.15) is 17.7 Å². The molecule has 6 nitrogen and oxygen atoms in total. The number of likely N-dealkylation sites (tertiary alicyclic amines) is 1. The maximum Gasteiger partial charge on any atom is 0.253 e. The molecular formula is C22H29N3O3. The molecule has 1 aliphatic rings. The first kappa shape index (κ1) is 20.1. The molecule has 3 rings (SSSR count). The fraction of sp³-hybridized carbons (Fsp3) is 0.500. The summed E-state index contributed by atoms with van der Waals surface area (Å²) in [6.07, 6.45) is 6.87. The van der Waals surface area contributed by atoms with Gasteiger partial charge in [-0.25, -0.2) is 4.98 Å². The van der Waals surface area contributed by atoms with Gasteiger partial charge in [-0.3, -0.25) is 4.79 Å². The van der Waals surface area contributed by atoms with Crippen LogP contribution in [0.3, 0.4) is 0 Å². The lowest BCUT2D eigenvalue weighted by molar-refractivity contribution is 0.0527. The normalized spacial score (nSPS) is 16.6. The Morgan fingerprint density at radius 2 is 2.04 bits per heavy atom. The standard InChI is InChI=1S/C22H29N3O3/c1-3-4-5-15-27-19-10-8-18(9-11-19)22(26)25-14-6-7-20(16-25)28-21-12-13-23-17(2)24-21/h8-13,20H,3-7,14-16H2,1-2H3. The maximum absolute atomic E-state index is 12.9. The van der Waals surface area contributed by atoms with Gasteiger partial charge in [0.05, 0.1) is 13.2 Å². The van der Waals surface area contributed by atoms with Crippen LogP contribution in [-0.2, 0) is 0 Å². The number of benzene rings is 1. The van der Waals surface area contributed by atoms with Gasteiger partial charge in [0.25, 0.3) is 5.91 Å². The quantitative estimate of drug-likeness (QED) is 0.644. The zero-order valence-electron chi connectivity index (χ0n) is 16.8. The monoisotopic (exact) mass is 383 g/mol. The van der Waals surface area contributed by atoms with Crippen molar-refractivity contribution in [3.05, 3.63) is 47.9 Å². The van der Waals surface area contributed by atoms with Crippen LogP contribution in [0.1, 0.15) is 55.2 Å². The smallest absolute Gasteiger partial charge is 0.253 e. The summed E-state index contributed by atoms with van der Waals surface area (Å²) in [7, 11) is 0. The van der Waals surface area contributed by atoms with E-state index in [2.05, 4.69) is 16.9 Å². The average Bonchev–Trinajstić information content (AvgIpc) is 2.71. The third-order valence-corrected chi connectivity index (χ3v) is 4.82. The second-order valence-corrected chi connectivity index (χ2v) is 7.16. The summed E-state index contributed by atoms with van der Waals surface area (Å²) in [4.78, 5) is 23.1. The largest absolute Gasteiger partial charge is 0.494 e. The summed E-state index contributed by atoms with van der Waals surface area (Å²) in [6, 6.07) is 9.19. The van der Waals surface area contributed by atoms with Gasteiger partial charge in [-0.15, -0.1) is 0 Å². The number of hydrogen-bond acceptors (Lipinski definition) is 5. The molecule has 150 valence electrons. The molecule has 1 aliphatic heterocycles. The van der Waals surface area contributed by atoms with Crippen molar-refractivity contribution in [1.29, 1.82) is 0 Å². The average molecular weight is 383 g/mol. The topological polar surface area (TPSA) is 64.5 Å². The molecule has 2 aromatic rings. The number of hydrogen-bond donors (Lipinski definition) is 0. The third-order valence-electron chi connectivity index (χ3n) is 4.82. The van der Waals surface area contributed by atoms with E-state index in [1.54, 1.807) is 12.3 Å². The van der Waals surface area contributed by atoms with Crippen molar-refractivity contribution < 1.29 is 14.3 Å². The molecule has 28 heavy (non-hydrogen) atoms. The van der Waals surface area contributed by atoms with Crippen LogP contribution < -0.4 is 9.47 Å². The van der Waals surface area contributed by atoms with E-state index in [9.17, 15) is 4.79 Å². The number of ether oxygens (including phenoxy) is 2. The molecule has 0 saturated carbocycles. The summed E-state index contributed by atoms with van der Waals surface area (Å²) in [5, 5.41) is 0. The molecule has 0 radical (unpaired) electrons. The highest BCUT2D eigenvalue weighted by atomic mass is 16.5. The van der Waals surface area contributed by atoms with Crippen molar-refractivity contribution in [1.82, 2.24) is 14.9 Å². The number of unbranched alkanes of at least 4 members (excludes halogenated alkanes) is 2. The number of nitrogens with zero attached hydrogens (tertiary/aromatic N) is 3. The van der Waals surface area contributed by atoms with Crippen molar-refractivity contribution in [2.75, 3.05) is 19.7 Å². The lowest BCUT2D eigenvalue weighted by Gasteiger charge is -2.32. The Bertz CT molecular complexity index is 764. The number of aromatic nitrogens is 2. The summed E-state index contributed by atoms with van der Waals surface area (Å²) in [5.41, 5.74) is 0.680. The molecule has 2 heterocycles. The van der Waals surface area contributed by atoms with Crippen LogP contribution in [0.25, 0.3) is 0 Å². The maximum atomic E-state index is 12.9. The Hall–Kier alpha value is -2.63. The summed E-state index contributed by atoms with van der Waals surface area (Å²) in [5.74, 6) is 2.09. The minimum absolute atomic E-state index is 0.0321. The van der Waals surface area contributed by atoms with Crippen molar-refractivity contribution in [2.45, 2.75) is 52.1 Å². The van der Waals surface area contributed by atoms with Crippen LogP contribution in [-0.4, -0.2) is 46.6 Å². The molecule has 6 heteroatoms. The number of carbonyl (C=O) groups excluding carboxylic acids is 1. The Kier molecular flexibility index (Phi) is 7.23. The number of carbonyl (C=O) groups is 1. The molecule has 0 bridgehead atoms. The lowest BCUT2D eigenvalue weighted by Crippen LogP contribution is -2.44. The van der Waals surface area contributed by atoms with Crippen LogP contribution in [0.4, 0.5) is 0 Å². The number of aryl methyl sites for hydroxylation is 1. The highest BCUT2D eigenvalue weighted by Crippen LogP contribution is 2.20. The highest BCUT2D eigenvalue weighted by Gasteiger charge is 2.26. The van der Waals surface area contributed by atoms with Crippen LogP contribution in [0.2, 0.25) is 0 Å². The van der Waals surface area contributed by atoms with E-state index in [-0.39, 0.29) is 12.0 Å². The second kappa shape index (κ2) is 10.1. The van der Waals surface area contributed by atoms with Crippen molar-refractivity contribution >= 4 is 5.91 Å². The van der Waals surface area contributed by atoms with Crippen molar-refractivity contribution in [3.8, 4) is 11.6 Å². The van der Waals surface area contributed by atoms with Crippen LogP contribution >= 0.6 is 0 Å². The summed E-state index contributed by atoms with van der Waals surface area (Å²) >= 11 is 0. The van der Waals surface area contributed by atoms with Crippen LogP contribution in [0.15, 0.2) is 36.5 Å². The van der Waals surface area contributed by atoms with Gasteiger partial charge >= 0.3 is 0 Å². The second-order valence-electron chi connectivity index (χ2n) is 7.16. The van der Waals surface area contributed by atoms with E-state index >= 15 is 0 Å². The van der Waals surface area contributed by atoms with E-state index in [4.69, 9.17) is 9.47 Å². The minimum atomic E-state index is -0.0480. The Morgan fingerprint density at radius 1 is 1.21 bits per heavy atom.